The van der Waals surface area contributed by atoms with E-state index < -0.39 is 5.54 Å². The number of benzene rings is 1. The molecule has 7 heteroatoms. The lowest BCUT2D eigenvalue weighted by Crippen LogP contribution is -2.43. The van der Waals surface area contributed by atoms with Crippen molar-refractivity contribution in [2.75, 3.05) is 12.4 Å². The smallest absolute Gasteiger partial charge is 0.250 e. The van der Waals surface area contributed by atoms with Crippen LogP contribution in [0.25, 0.3) is 22.2 Å². The molecule has 2 aromatic heterocycles. The Balaban J connectivity index is 1.79. The first kappa shape index (κ1) is 17.8. The van der Waals surface area contributed by atoms with Crippen molar-refractivity contribution < 1.29 is 4.79 Å². The summed E-state index contributed by atoms with van der Waals surface area (Å²) >= 11 is 0. The summed E-state index contributed by atoms with van der Waals surface area (Å²) in [6.07, 6.45) is 5.16. The fraction of sp³-hybridized carbons (Fsp3) is 0.364. The van der Waals surface area contributed by atoms with E-state index in [0.717, 1.165) is 47.0 Å². The predicted molar refractivity (Wildman–Crippen MR) is 110 cm³/mol. The molecule has 0 saturated heterocycles. The minimum atomic E-state index is -0.884. The van der Waals surface area contributed by atoms with E-state index in [1.54, 1.807) is 13.2 Å². The first-order valence-electron chi connectivity index (χ1n) is 9.89. The highest BCUT2D eigenvalue weighted by atomic mass is 16.2. The zero-order valence-corrected chi connectivity index (χ0v) is 16.5. The minimum Gasteiger partial charge on any atom is -0.308 e. The van der Waals surface area contributed by atoms with Gasteiger partial charge in [0, 0.05) is 22.7 Å². The number of pyridine rings is 1. The van der Waals surface area contributed by atoms with Gasteiger partial charge >= 0.3 is 0 Å². The van der Waals surface area contributed by atoms with Crippen LogP contribution in [0.15, 0.2) is 36.5 Å². The Kier molecular flexibility index (Phi) is 3.77. The lowest BCUT2D eigenvalue weighted by molar-refractivity contribution is -0.121. The first-order chi connectivity index (χ1) is 14.0. The van der Waals surface area contributed by atoms with Gasteiger partial charge in [0.1, 0.15) is 17.1 Å². The molecule has 146 valence electrons. The molecule has 1 aliphatic carbocycles. The van der Waals surface area contributed by atoms with Crippen LogP contribution in [0, 0.1) is 11.3 Å². The molecule has 5 rings (SSSR count). The maximum absolute atomic E-state index is 12.7. The number of hydrogen-bond donors (Lipinski definition) is 2. The molecule has 0 spiro atoms. The van der Waals surface area contributed by atoms with E-state index in [1.807, 2.05) is 25.1 Å². The first-order valence-corrected chi connectivity index (χ1v) is 9.89. The number of fused-ring (bicyclic) bond motifs is 2. The number of para-hydroxylation sites is 1. The van der Waals surface area contributed by atoms with Gasteiger partial charge < -0.3 is 10.6 Å². The van der Waals surface area contributed by atoms with Gasteiger partial charge in [0.05, 0.1) is 23.5 Å². The van der Waals surface area contributed by atoms with E-state index in [4.69, 9.17) is 5.10 Å². The highest BCUT2D eigenvalue weighted by Gasteiger charge is 2.46. The Morgan fingerprint density at radius 1 is 1.31 bits per heavy atom. The molecular weight excluding hydrogens is 364 g/mol. The zero-order valence-electron chi connectivity index (χ0n) is 16.5. The molecule has 3 heterocycles. The maximum atomic E-state index is 12.7. The van der Waals surface area contributed by atoms with E-state index >= 15 is 0 Å². The Morgan fingerprint density at radius 2 is 2.10 bits per heavy atom. The lowest BCUT2D eigenvalue weighted by Gasteiger charge is -2.40. The van der Waals surface area contributed by atoms with Gasteiger partial charge in [0.2, 0.25) is 5.91 Å². The van der Waals surface area contributed by atoms with Gasteiger partial charge in [-0.1, -0.05) is 18.2 Å². The van der Waals surface area contributed by atoms with Crippen molar-refractivity contribution in [3.05, 3.63) is 42.1 Å². The van der Waals surface area contributed by atoms with Crippen molar-refractivity contribution >= 4 is 22.6 Å². The SMILES string of the molecule is CN[C@@]1(C)C(=O)Nc2nccc(-c3nn(C4(CC#N)CCC4)c4ccccc34)c21. The number of rotatable bonds is 4. The zero-order chi connectivity index (χ0) is 20.2. The van der Waals surface area contributed by atoms with Crippen LogP contribution in [-0.2, 0) is 15.9 Å². The number of amides is 1. The Bertz CT molecular complexity index is 1190. The number of hydrogen-bond acceptors (Lipinski definition) is 5. The van der Waals surface area contributed by atoms with Crippen LogP contribution in [0.4, 0.5) is 5.82 Å². The summed E-state index contributed by atoms with van der Waals surface area (Å²) in [6.45, 7) is 1.86. The lowest BCUT2D eigenvalue weighted by atomic mass is 9.74. The van der Waals surface area contributed by atoms with Gasteiger partial charge in [-0.3, -0.25) is 9.48 Å². The van der Waals surface area contributed by atoms with Crippen LogP contribution in [0.2, 0.25) is 0 Å². The topological polar surface area (TPSA) is 95.6 Å². The second-order valence-corrected chi connectivity index (χ2v) is 8.10. The van der Waals surface area contributed by atoms with Gasteiger partial charge in [-0.25, -0.2) is 4.98 Å². The van der Waals surface area contributed by atoms with Gasteiger partial charge in [0.15, 0.2) is 0 Å². The average molecular weight is 386 g/mol. The quantitative estimate of drug-likeness (QED) is 0.717. The monoisotopic (exact) mass is 386 g/mol. The van der Waals surface area contributed by atoms with Gasteiger partial charge in [-0.05, 0) is 45.4 Å². The predicted octanol–water partition coefficient (Wildman–Crippen LogP) is 3.28. The second kappa shape index (κ2) is 6.13. The summed E-state index contributed by atoms with van der Waals surface area (Å²) < 4.78 is 2.05. The highest BCUT2D eigenvalue weighted by Crippen LogP contribution is 2.46. The molecule has 1 fully saturated rings. The second-order valence-electron chi connectivity index (χ2n) is 8.10. The largest absolute Gasteiger partial charge is 0.308 e. The van der Waals surface area contributed by atoms with E-state index in [1.165, 1.54) is 0 Å². The normalized spacial score (nSPS) is 22.0. The van der Waals surface area contributed by atoms with Crippen molar-refractivity contribution in [1.82, 2.24) is 20.1 Å². The third-order valence-corrected chi connectivity index (χ3v) is 6.62. The van der Waals surface area contributed by atoms with Crippen LogP contribution in [0.5, 0.6) is 0 Å². The molecule has 1 saturated carbocycles. The number of aromatic nitrogens is 3. The molecule has 7 nitrogen and oxygen atoms in total. The van der Waals surface area contributed by atoms with Crippen molar-refractivity contribution in [3.63, 3.8) is 0 Å². The number of nitrogens with zero attached hydrogens (tertiary/aromatic N) is 4. The van der Waals surface area contributed by atoms with Crippen LogP contribution >= 0.6 is 0 Å². The molecule has 0 unspecified atom stereocenters. The van der Waals surface area contributed by atoms with Gasteiger partial charge in [-0.2, -0.15) is 10.4 Å². The summed E-state index contributed by atoms with van der Waals surface area (Å²) in [5.41, 5.74) is 2.40. The molecule has 0 radical (unpaired) electrons. The van der Waals surface area contributed by atoms with Gasteiger partial charge in [0.25, 0.3) is 0 Å². The molecule has 2 aliphatic rings. The molecule has 2 N–H and O–H groups in total. The molecule has 1 atom stereocenters. The van der Waals surface area contributed by atoms with E-state index in [2.05, 4.69) is 38.5 Å². The molecule has 3 aromatic rings. The van der Waals surface area contributed by atoms with E-state index in [9.17, 15) is 10.1 Å². The summed E-state index contributed by atoms with van der Waals surface area (Å²) in [5, 5.41) is 21.5. The third-order valence-electron chi connectivity index (χ3n) is 6.62. The molecule has 29 heavy (non-hydrogen) atoms. The number of nitrogens with one attached hydrogen (secondary N) is 2. The van der Waals surface area contributed by atoms with Crippen molar-refractivity contribution in [1.29, 1.82) is 5.26 Å². The number of nitriles is 1. The van der Waals surface area contributed by atoms with Crippen LogP contribution < -0.4 is 10.6 Å². The van der Waals surface area contributed by atoms with Crippen molar-refractivity contribution in [2.45, 2.75) is 43.7 Å². The van der Waals surface area contributed by atoms with Crippen molar-refractivity contribution in [3.8, 4) is 17.3 Å². The Morgan fingerprint density at radius 3 is 2.79 bits per heavy atom. The summed E-state index contributed by atoms with van der Waals surface area (Å²) in [7, 11) is 1.78. The highest BCUT2D eigenvalue weighted by molar-refractivity contribution is 6.08. The number of carbonyl (C=O) groups excluding carboxylic acids is 1. The molecule has 1 aliphatic heterocycles. The molecular formula is C22H22N6O. The fourth-order valence-corrected chi connectivity index (χ4v) is 4.67. The van der Waals surface area contributed by atoms with E-state index in [-0.39, 0.29) is 11.4 Å². The Labute approximate surface area is 168 Å². The summed E-state index contributed by atoms with van der Waals surface area (Å²) in [4.78, 5) is 17.0. The number of likely N-dealkylation sites (N-methyl/N-ethyl adjacent to an activating group) is 1. The van der Waals surface area contributed by atoms with Crippen LogP contribution in [0.3, 0.4) is 0 Å². The average Bonchev–Trinajstić information content (AvgIpc) is 3.21. The number of carbonyl (C=O) groups is 1. The molecule has 1 amide bonds. The van der Waals surface area contributed by atoms with E-state index in [0.29, 0.717) is 12.2 Å². The van der Waals surface area contributed by atoms with Crippen molar-refractivity contribution in [2.24, 2.45) is 0 Å². The molecule has 1 aromatic carbocycles. The number of anilines is 1. The third kappa shape index (κ3) is 2.29. The summed E-state index contributed by atoms with van der Waals surface area (Å²) in [5.74, 6) is 0.442. The molecule has 0 bridgehead atoms. The maximum Gasteiger partial charge on any atom is 0.250 e. The summed E-state index contributed by atoms with van der Waals surface area (Å²) in [6, 6.07) is 12.4. The van der Waals surface area contributed by atoms with Crippen LogP contribution in [0.1, 0.15) is 38.2 Å². The van der Waals surface area contributed by atoms with Crippen LogP contribution in [-0.4, -0.2) is 27.7 Å². The standard InChI is InChI=1S/C22H22N6O/c1-21(24-2)17-15(8-13-25-19(17)26-20(21)29)18-14-6-3-4-7-16(14)28(27-18)22(11-12-23)9-5-10-22/h3-4,6-8,13,24H,5,9-11H2,1-2H3,(H,25,26,29)/t21-/m1/s1. The Hall–Kier alpha value is -3.24. The fourth-order valence-electron chi connectivity index (χ4n) is 4.67. The minimum absolute atomic E-state index is 0.126. The van der Waals surface area contributed by atoms with Gasteiger partial charge in [-0.15, -0.1) is 0 Å².